The van der Waals surface area contributed by atoms with Gasteiger partial charge in [0.25, 0.3) is 0 Å². The highest BCUT2D eigenvalue weighted by molar-refractivity contribution is 6.31. The molecule has 0 bridgehead atoms. The molecule has 0 spiro atoms. The van der Waals surface area contributed by atoms with Gasteiger partial charge in [0.1, 0.15) is 0 Å². The van der Waals surface area contributed by atoms with E-state index in [0.29, 0.717) is 10.6 Å². The van der Waals surface area contributed by atoms with E-state index in [2.05, 4.69) is 0 Å². The topological polar surface area (TPSA) is 52.9 Å². The zero-order valence-electron chi connectivity index (χ0n) is 10.7. The van der Waals surface area contributed by atoms with Crippen LogP contribution in [0.4, 0.5) is 0 Å². The number of nitrogens with zero attached hydrogens (tertiary/aromatic N) is 1. The predicted molar refractivity (Wildman–Crippen MR) is 68.5 cm³/mol. The van der Waals surface area contributed by atoms with Gasteiger partial charge < -0.3 is 15.1 Å². The van der Waals surface area contributed by atoms with E-state index in [4.69, 9.17) is 16.3 Å². The second kappa shape index (κ2) is 4.47. The first-order valence-corrected chi connectivity index (χ1v) is 6.26. The molecule has 1 saturated heterocycles. The van der Waals surface area contributed by atoms with Gasteiger partial charge in [-0.2, -0.15) is 5.06 Å². The van der Waals surface area contributed by atoms with Gasteiger partial charge in [0.15, 0.2) is 0 Å². The van der Waals surface area contributed by atoms with E-state index in [9.17, 15) is 10.3 Å². The van der Waals surface area contributed by atoms with E-state index in [1.54, 1.807) is 31.2 Å². The lowest BCUT2D eigenvalue weighted by atomic mass is 9.92. The molecule has 5 heteroatoms. The monoisotopic (exact) mass is 271 g/mol. The zero-order chi connectivity index (χ0) is 13.6. The van der Waals surface area contributed by atoms with Crippen LogP contribution in [0.25, 0.3) is 0 Å². The average molecular weight is 272 g/mol. The molecule has 1 aliphatic rings. The van der Waals surface area contributed by atoms with E-state index < -0.39 is 17.4 Å². The van der Waals surface area contributed by atoms with Crippen LogP contribution in [0.1, 0.15) is 26.3 Å². The Morgan fingerprint density at radius 3 is 2.61 bits per heavy atom. The summed E-state index contributed by atoms with van der Waals surface area (Å²) in [5.74, 6) is -1.61. The molecule has 4 nitrogen and oxygen atoms in total. The average Bonchev–Trinajstić information content (AvgIpc) is 2.33. The summed E-state index contributed by atoms with van der Waals surface area (Å²) in [4.78, 5) is 0. The van der Waals surface area contributed by atoms with Crippen molar-refractivity contribution in [2.24, 2.45) is 0 Å². The van der Waals surface area contributed by atoms with E-state index in [1.165, 1.54) is 0 Å². The van der Waals surface area contributed by atoms with E-state index in [0.717, 1.165) is 5.06 Å². The van der Waals surface area contributed by atoms with Crippen molar-refractivity contribution >= 4 is 11.6 Å². The molecule has 18 heavy (non-hydrogen) atoms. The third kappa shape index (κ3) is 2.04. The largest absolute Gasteiger partial charge is 0.360 e. The minimum Gasteiger partial charge on any atom is -0.360 e. The maximum atomic E-state index is 10.7. The van der Waals surface area contributed by atoms with Crippen LogP contribution in [0.3, 0.4) is 0 Å². The van der Waals surface area contributed by atoms with Crippen LogP contribution >= 0.6 is 11.6 Å². The highest BCUT2D eigenvalue weighted by Crippen LogP contribution is 2.40. The van der Waals surface area contributed by atoms with Gasteiger partial charge in [0, 0.05) is 10.6 Å². The van der Waals surface area contributed by atoms with Crippen LogP contribution in [-0.4, -0.2) is 33.6 Å². The highest BCUT2D eigenvalue weighted by atomic mass is 35.5. The number of aliphatic hydroxyl groups is 1. The Labute approximate surface area is 112 Å². The molecule has 0 amide bonds. The normalized spacial score (nSPS) is 32.4. The molecule has 2 atom stereocenters. The van der Waals surface area contributed by atoms with Gasteiger partial charge in [0.05, 0.1) is 18.2 Å². The van der Waals surface area contributed by atoms with Crippen LogP contribution in [-0.2, 0) is 10.5 Å². The summed E-state index contributed by atoms with van der Waals surface area (Å²) in [6.07, 6.45) is 0. The summed E-state index contributed by atoms with van der Waals surface area (Å²) in [5.41, 5.74) is -0.0823. The molecule has 0 aliphatic carbocycles. The molecule has 1 heterocycles. The first-order chi connectivity index (χ1) is 8.29. The van der Waals surface area contributed by atoms with Crippen molar-refractivity contribution in [3.05, 3.63) is 34.9 Å². The number of morpholine rings is 1. The van der Waals surface area contributed by atoms with Gasteiger partial charge in [-0.1, -0.05) is 29.8 Å². The number of hydrogen-bond acceptors (Lipinski definition) is 4. The molecule has 0 radical (unpaired) electrons. The van der Waals surface area contributed by atoms with Crippen LogP contribution < -0.4 is 0 Å². The maximum absolute atomic E-state index is 10.7. The predicted octanol–water partition coefficient (Wildman–Crippen LogP) is 2.37. The van der Waals surface area contributed by atoms with Gasteiger partial charge >= 0.3 is 0 Å². The number of hydroxylamine groups is 2. The minimum atomic E-state index is -1.61. The van der Waals surface area contributed by atoms with Gasteiger partial charge in [-0.15, -0.1) is 0 Å². The highest BCUT2D eigenvalue weighted by Gasteiger charge is 2.50. The van der Waals surface area contributed by atoms with Crippen molar-refractivity contribution in [1.82, 2.24) is 5.06 Å². The van der Waals surface area contributed by atoms with Crippen molar-refractivity contribution < 1.29 is 15.1 Å². The number of halogens is 1. The molecular weight excluding hydrogens is 254 g/mol. The van der Waals surface area contributed by atoms with Crippen LogP contribution in [0.2, 0.25) is 5.02 Å². The second-order valence-corrected chi connectivity index (χ2v) is 5.71. The Kier molecular flexibility index (Phi) is 3.42. The molecule has 1 aromatic carbocycles. The van der Waals surface area contributed by atoms with Crippen LogP contribution in [0.5, 0.6) is 0 Å². The van der Waals surface area contributed by atoms with Crippen LogP contribution in [0, 0.1) is 0 Å². The Hall–Kier alpha value is -0.650. The summed E-state index contributed by atoms with van der Waals surface area (Å²) >= 11 is 6.09. The number of hydrogen-bond donors (Lipinski definition) is 2. The summed E-state index contributed by atoms with van der Waals surface area (Å²) < 4.78 is 5.60. The molecule has 1 fully saturated rings. The van der Waals surface area contributed by atoms with Crippen molar-refractivity contribution in [3.8, 4) is 0 Å². The van der Waals surface area contributed by atoms with Gasteiger partial charge in [-0.05, 0) is 26.8 Å². The molecule has 2 rings (SSSR count). The Balaban J connectivity index is 2.41. The SMILES string of the molecule is CC1N(O)C(C)(C)COC1(O)c1ccccc1Cl. The Bertz CT molecular complexity index is 452. The van der Waals surface area contributed by atoms with Crippen molar-refractivity contribution in [2.45, 2.75) is 38.1 Å². The number of rotatable bonds is 1. The van der Waals surface area contributed by atoms with Gasteiger partial charge in [-0.25, -0.2) is 0 Å². The smallest absolute Gasteiger partial charge is 0.212 e. The molecule has 1 aliphatic heterocycles. The third-order valence-corrected chi connectivity index (χ3v) is 3.79. The molecule has 0 aromatic heterocycles. The van der Waals surface area contributed by atoms with Gasteiger partial charge in [-0.3, -0.25) is 0 Å². The standard InChI is InChI=1S/C13H18ClNO3/c1-9-13(16,10-6-4-5-7-11(10)14)18-8-12(2,3)15(9)17/h4-7,9,16-17H,8H2,1-3H3. The van der Waals surface area contributed by atoms with E-state index >= 15 is 0 Å². The molecule has 1 aromatic rings. The van der Waals surface area contributed by atoms with E-state index in [-0.39, 0.29) is 6.61 Å². The summed E-state index contributed by atoms with van der Waals surface area (Å²) in [5, 5.41) is 22.4. The molecule has 2 N–H and O–H groups in total. The summed E-state index contributed by atoms with van der Waals surface area (Å²) in [6.45, 7) is 5.59. The Morgan fingerprint density at radius 1 is 1.39 bits per heavy atom. The van der Waals surface area contributed by atoms with Gasteiger partial charge in [0.2, 0.25) is 5.79 Å². The maximum Gasteiger partial charge on any atom is 0.212 e. The number of benzene rings is 1. The third-order valence-electron chi connectivity index (χ3n) is 3.46. The summed E-state index contributed by atoms with van der Waals surface area (Å²) in [7, 11) is 0. The fourth-order valence-electron chi connectivity index (χ4n) is 2.22. The molecular formula is C13H18ClNO3. The van der Waals surface area contributed by atoms with E-state index in [1.807, 2.05) is 13.8 Å². The number of ether oxygens (including phenoxy) is 1. The molecule has 100 valence electrons. The quantitative estimate of drug-likeness (QED) is 0.823. The Morgan fingerprint density at radius 2 is 2.00 bits per heavy atom. The first kappa shape index (κ1) is 13.8. The van der Waals surface area contributed by atoms with Crippen molar-refractivity contribution in [1.29, 1.82) is 0 Å². The summed E-state index contributed by atoms with van der Waals surface area (Å²) in [6, 6.07) is 6.32. The van der Waals surface area contributed by atoms with Crippen molar-refractivity contribution in [2.75, 3.05) is 6.61 Å². The molecule has 2 unspecified atom stereocenters. The molecule has 0 saturated carbocycles. The fourth-order valence-corrected chi connectivity index (χ4v) is 2.49. The lowest BCUT2D eigenvalue weighted by Crippen LogP contribution is -2.64. The minimum absolute atomic E-state index is 0.204. The van der Waals surface area contributed by atoms with Crippen LogP contribution in [0.15, 0.2) is 24.3 Å². The fraction of sp³-hybridized carbons (Fsp3) is 0.538. The lowest BCUT2D eigenvalue weighted by Gasteiger charge is -2.50. The van der Waals surface area contributed by atoms with Crippen molar-refractivity contribution in [3.63, 3.8) is 0 Å². The first-order valence-electron chi connectivity index (χ1n) is 5.88. The zero-order valence-corrected chi connectivity index (χ0v) is 11.5. The lowest BCUT2D eigenvalue weighted by molar-refractivity contribution is -0.363. The second-order valence-electron chi connectivity index (χ2n) is 5.30.